The van der Waals surface area contributed by atoms with Crippen LogP contribution in [-0.4, -0.2) is 11.6 Å². The Labute approximate surface area is 66.7 Å². The van der Waals surface area contributed by atoms with Crippen molar-refractivity contribution in [3.05, 3.63) is 22.7 Å². The van der Waals surface area contributed by atoms with E-state index in [-0.39, 0.29) is 0 Å². The number of rotatable bonds is 0. The van der Waals surface area contributed by atoms with E-state index in [9.17, 15) is 9.59 Å². The molecule has 0 heterocycles. The molecule has 0 aromatic carbocycles. The fraction of sp³-hybridized carbons (Fsp3) is 0.143. The van der Waals surface area contributed by atoms with E-state index in [1.807, 2.05) is 0 Å². The molecule has 1 aliphatic rings. The average molecular weight is 201 g/mol. The second kappa shape index (κ2) is 2.50. The van der Waals surface area contributed by atoms with Gasteiger partial charge in [-0.2, -0.15) is 0 Å². The number of carbonyl (C=O) groups is 2. The molecule has 0 saturated heterocycles. The zero-order chi connectivity index (χ0) is 7.72. The van der Waals surface area contributed by atoms with Gasteiger partial charge in [0.2, 0.25) is 11.6 Å². The molecule has 0 spiro atoms. The van der Waals surface area contributed by atoms with Gasteiger partial charge in [-0.05, 0) is 22.4 Å². The molecule has 0 fully saturated rings. The maximum Gasteiger partial charge on any atom is 0.239 e. The smallest absolute Gasteiger partial charge is 0.239 e. The molecule has 0 aromatic heterocycles. The molecule has 0 saturated carbocycles. The molecule has 0 atom stereocenters. The zero-order valence-corrected chi connectivity index (χ0v) is 6.77. The summed E-state index contributed by atoms with van der Waals surface area (Å²) in [6, 6.07) is 0. The van der Waals surface area contributed by atoms with E-state index < -0.39 is 11.6 Å². The summed E-state index contributed by atoms with van der Waals surface area (Å²) in [6.07, 6.45) is 2.12. The van der Waals surface area contributed by atoms with E-state index >= 15 is 0 Å². The molecule has 0 radical (unpaired) electrons. The van der Waals surface area contributed by atoms with E-state index in [0.717, 1.165) is 0 Å². The van der Waals surface area contributed by atoms with Crippen LogP contribution < -0.4 is 0 Å². The number of allylic oxidation sites excluding steroid dienone is 3. The first-order valence-corrected chi connectivity index (χ1v) is 3.54. The summed E-state index contributed by atoms with van der Waals surface area (Å²) in [4.78, 5) is 21.6. The molecule has 2 nitrogen and oxygen atoms in total. The molecule has 0 unspecified atom stereocenters. The molecule has 3 heteroatoms. The molecule has 0 N–H and O–H groups in total. The highest BCUT2D eigenvalue weighted by molar-refractivity contribution is 9.12. The van der Waals surface area contributed by atoms with Crippen molar-refractivity contribution in [3.8, 4) is 0 Å². The van der Waals surface area contributed by atoms with Gasteiger partial charge in [0.05, 0.1) is 4.48 Å². The fourth-order valence-corrected chi connectivity index (χ4v) is 1.01. The average Bonchev–Trinajstić information content (AvgIpc) is 1.93. The predicted octanol–water partition coefficient (Wildman–Crippen LogP) is 1.36. The molecule has 1 aliphatic carbocycles. The van der Waals surface area contributed by atoms with Crippen molar-refractivity contribution in [2.24, 2.45) is 0 Å². The van der Waals surface area contributed by atoms with Crippen LogP contribution in [0.15, 0.2) is 22.7 Å². The normalized spacial score (nSPS) is 19.3. The first-order valence-electron chi connectivity index (χ1n) is 2.75. The fourth-order valence-electron chi connectivity index (χ4n) is 0.667. The van der Waals surface area contributed by atoms with Crippen LogP contribution in [0.4, 0.5) is 0 Å². The summed E-state index contributed by atoms with van der Waals surface area (Å²) in [5, 5.41) is 0. The lowest BCUT2D eigenvalue weighted by Crippen LogP contribution is -2.18. The Kier molecular flexibility index (Phi) is 1.85. The van der Waals surface area contributed by atoms with Crippen molar-refractivity contribution in [1.82, 2.24) is 0 Å². The van der Waals surface area contributed by atoms with Crippen molar-refractivity contribution < 1.29 is 9.59 Å². The van der Waals surface area contributed by atoms with Crippen molar-refractivity contribution in [1.29, 1.82) is 0 Å². The molecule has 0 aromatic rings. The van der Waals surface area contributed by atoms with E-state index in [1.54, 1.807) is 6.08 Å². The summed E-state index contributed by atoms with van der Waals surface area (Å²) < 4.78 is 0.352. The third kappa shape index (κ3) is 1.09. The van der Waals surface area contributed by atoms with Crippen molar-refractivity contribution in [3.63, 3.8) is 0 Å². The Bertz CT molecular complexity index is 250. The quantitative estimate of drug-likeness (QED) is 0.438. The van der Waals surface area contributed by atoms with Crippen LogP contribution in [0.2, 0.25) is 0 Å². The summed E-state index contributed by atoms with van der Waals surface area (Å²) in [5.41, 5.74) is 0.369. The highest BCUT2D eigenvalue weighted by Gasteiger charge is 2.23. The van der Waals surface area contributed by atoms with E-state index in [4.69, 9.17) is 0 Å². The number of halogens is 1. The van der Waals surface area contributed by atoms with Crippen LogP contribution >= 0.6 is 15.9 Å². The summed E-state index contributed by atoms with van der Waals surface area (Å²) in [6.45, 7) is 3.44. The molecular weight excluding hydrogens is 196 g/mol. The predicted molar refractivity (Wildman–Crippen MR) is 40.8 cm³/mol. The number of Topliss-reactive ketones (excluding diaryl/α,β-unsaturated/α-hetero) is 2. The van der Waals surface area contributed by atoms with Crippen LogP contribution in [0.25, 0.3) is 0 Å². The second-order valence-electron chi connectivity index (χ2n) is 2.02. The topological polar surface area (TPSA) is 34.1 Å². The number of hydrogen-bond donors (Lipinski definition) is 0. The first-order chi connectivity index (χ1) is 4.63. The van der Waals surface area contributed by atoms with Crippen LogP contribution in [0.5, 0.6) is 0 Å². The van der Waals surface area contributed by atoms with Gasteiger partial charge in [-0.3, -0.25) is 9.59 Å². The minimum atomic E-state index is -0.490. The Hall–Kier alpha value is -0.700. The molecule has 0 bridgehead atoms. The van der Waals surface area contributed by atoms with E-state index in [0.29, 0.717) is 16.5 Å². The van der Waals surface area contributed by atoms with E-state index in [2.05, 4.69) is 22.5 Å². The van der Waals surface area contributed by atoms with Crippen molar-refractivity contribution in [2.45, 2.75) is 6.42 Å². The minimum absolute atomic E-state index is 0.352. The SMILES string of the molecule is C=C1CC=C(Br)C(=O)C1=O. The van der Waals surface area contributed by atoms with Gasteiger partial charge in [0.25, 0.3) is 0 Å². The largest absolute Gasteiger partial charge is 0.285 e. The van der Waals surface area contributed by atoms with Crippen LogP contribution in [-0.2, 0) is 9.59 Å². The minimum Gasteiger partial charge on any atom is -0.285 e. The lowest BCUT2D eigenvalue weighted by atomic mass is 10.0. The summed E-state index contributed by atoms with van der Waals surface area (Å²) in [5.74, 6) is -0.967. The monoisotopic (exact) mass is 200 g/mol. The third-order valence-electron chi connectivity index (χ3n) is 1.27. The van der Waals surface area contributed by atoms with E-state index in [1.165, 1.54) is 0 Å². The Morgan fingerprint density at radius 2 is 2.00 bits per heavy atom. The van der Waals surface area contributed by atoms with Crippen LogP contribution in [0, 0.1) is 0 Å². The number of ketones is 2. The van der Waals surface area contributed by atoms with Gasteiger partial charge >= 0.3 is 0 Å². The molecule has 10 heavy (non-hydrogen) atoms. The standard InChI is InChI=1S/C7H5BrO2/c1-4-2-3-5(8)7(10)6(4)9/h3H,1-2H2. The Morgan fingerprint density at radius 1 is 1.40 bits per heavy atom. The molecular formula is C7H5BrO2. The summed E-state index contributed by atoms with van der Waals surface area (Å²) in [7, 11) is 0. The maximum absolute atomic E-state index is 10.8. The Balaban J connectivity index is 3.03. The summed E-state index contributed by atoms with van der Waals surface area (Å²) >= 11 is 2.97. The van der Waals surface area contributed by atoms with Crippen molar-refractivity contribution >= 4 is 27.5 Å². The lowest BCUT2D eigenvalue weighted by molar-refractivity contribution is -0.131. The second-order valence-corrected chi connectivity index (χ2v) is 2.87. The van der Waals surface area contributed by atoms with Gasteiger partial charge in [-0.25, -0.2) is 0 Å². The van der Waals surface area contributed by atoms with Crippen molar-refractivity contribution in [2.75, 3.05) is 0 Å². The molecule has 1 rings (SSSR count). The van der Waals surface area contributed by atoms with Crippen LogP contribution in [0.3, 0.4) is 0 Å². The number of carbonyl (C=O) groups excluding carboxylic acids is 2. The van der Waals surface area contributed by atoms with Gasteiger partial charge in [0.1, 0.15) is 0 Å². The lowest BCUT2D eigenvalue weighted by Gasteiger charge is -2.06. The first kappa shape index (κ1) is 7.41. The van der Waals surface area contributed by atoms with Gasteiger partial charge in [0, 0.05) is 5.57 Å². The third-order valence-corrected chi connectivity index (χ3v) is 1.96. The zero-order valence-electron chi connectivity index (χ0n) is 5.19. The Morgan fingerprint density at radius 3 is 2.50 bits per heavy atom. The highest BCUT2D eigenvalue weighted by Crippen LogP contribution is 2.19. The maximum atomic E-state index is 10.8. The molecule has 0 amide bonds. The van der Waals surface area contributed by atoms with Crippen LogP contribution in [0.1, 0.15) is 6.42 Å². The van der Waals surface area contributed by atoms with Gasteiger partial charge in [-0.15, -0.1) is 0 Å². The molecule has 52 valence electrons. The van der Waals surface area contributed by atoms with Gasteiger partial charge in [0.15, 0.2) is 0 Å². The highest BCUT2D eigenvalue weighted by atomic mass is 79.9. The number of hydrogen-bond acceptors (Lipinski definition) is 2. The van der Waals surface area contributed by atoms with Gasteiger partial charge in [-0.1, -0.05) is 12.7 Å². The molecule has 0 aliphatic heterocycles. The van der Waals surface area contributed by atoms with Gasteiger partial charge < -0.3 is 0 Å².